The highest BCUT2D eigenvalue weighted by atomic mass is 19.4. The van der Waals surface area contributed by atoms with Crippen LogP contribution in [0.15, 0.2) is 48.5 Å². The Kier molecular flexibility index (Phi) is 7.61. The second-order valence-corrected chi connectivity index (χ2v) is 6.19. The monoisotopic (exact) mass is 394 g/mol. The average molecular weight is 394 g/mol. The lowest BCUT2D eigenvalue weighted by molar-refractivity contribution is -0.275. The molecule has 0 N–H and O–H groups in total. The molecule has 7 heteroatoms. The number of rotatable bonds is 9. The number of carbonyl (C=O) groups is 2. The van der Waals surface area contributed by atoms with Crippen LogP contribution in [0.3, 0.4) is 0 Å². The number of Topliss-reactive ketones (excluding diaryl/α,β-unsaturated/α-hetero) is 1. The van der Waals surface area contributed by atoms with Crippen molar-refractivity contribution in [1.29, 1.82) is 0 Å². The van der Waals surface area contributed by atoms with Crippen molar-refractivity contribution in [3.63, 3.8) is 0 Å². The lowest BCUT2D eigenvalue weighted by atomic mass is 10.0. The van der Waals surface area contributed by atoms with Gasteiger partial charge in [0.2, 0.25) is 0 Å². The first-order chi connectivity index (χ1) is 13.3. The maximum absolute atomic E-state index is 12.7. The van der Waals surface area contributed by atoms with Gasteiger partial charge in [-0.3, -0.25) is 4.79 Å². The summed E-state index contributed by atoms with van der Waals surface area (Å²) in [5.74, 6) is -1.57. The number of halogens is 3. The van der Waals surface area contributed by atoms with Crippen molar-refractivity contribution in [2.24, 2.45) is 0 Å². The summed E-state index contributed by atoms with van der Waals surface area (Å²) < 4.78 is 47.5. The predicted octanol–water partition coefficient (Wildman–Crippen LogP) is 5.50. The Hall–Kier alpha value is -2.83. The first-order valence-electron chi connectivity index (χ1n) is 8.96. The maximum atomic E-state index is 12.7. The highest BCUT2D eigenvalue weighted by Crippen LogP contribution is 2.36. The molecular weight excluding hydrogens is 373 g/mol. The summed E-state index contributed by atoms with van der Waals surface area (Å²) in [5.41, 5.74) is 0.573. The second kappa shape index (κ2) is 9.92. The third-order valence-electron chi connectivity index (χ3n) is 3.92. The minimum absolute atomic E-state index is 0.0908. The summed E-state index contributed by atoms with van der Waals surface area (Å²) in [6, 6.07) is 12.0. The standard InChI is InChI=1S/C21H21F3O4/c1-2-8-17(25)13-6-11-15-12-7-14-18(28-21(22,23)24)19(15)27-20(26)16-9-4-3-5-10-16/h3-5,7,9-10,12,14H,2,6,8,11,13H2,1H3. The molecule has 0 atom stereocenters. The Morgan fingerprint density at radius 1 is 0.964 bits per heavy atom. The molecule has 4 nitrogen and oxygen atoms in total. The van der Waals surface area contributed by atoms with Crippen LogP contribution in [0.25, 0.3) is 0 Å². The normalized spacial score (nSPS) is 11.1. The van der Waals surface area contributed by atoms with E-state index in [1.807, 2.05) is 6.92 Å². The van der Waals surface area contributed by atoms with E-state index in [1.165, 1.54) is 18.2 Å². The predicted molar refractivity (Wildman–Crippen MR) is 97.4 cm³/mol. The largest absolute Gasteiger partial charge is 0.573 e. The number of hydrogen-bond donors (Lipinski definition) is 0. The molecule has 0 amide bonds. The third-order valence-corrected chi connectivity index (χ3v) is 3.92. The molecule has 0 fully saturated rings. The number of ether oxygens (including phenoxy) is 2. The third kappa shape index (κ3) is 6.72. The molecule has 0 spiro atoms. The molecular formula is C21H21F3O4. The molecule has 0 radical (unpaired) electrons. The lowest BCUT2D eigenvalue weighted by Crippen LogP contribution is -2.19. The fourth-order valence-corrected chi connectivity index (χ4v) is 2.68. The summed E-state index contributed by atoms with van der Waals surface area (Å²) in [6.07, 6.45) is -2.69. The van der Waals surface area contributed by atoms with Gasteiger partial charge in [-0.1, -0.05) is 37.3 Å². The van der Waals surface area contributed by atoms with Crippen LogP contribution < -0.4 is 9.47 Å². The number of aryl methyl sites for hydroxylation is 1. The highest BCUT2D eigenvalue weighted by molar-refractivity contribution is 5.91. The summed E-state index contributed by atoms with van der Waals surface area (Å²) in [4.78, 5) is 24.0. The molecule has 2 aromatic rings. The van der Waals surface area contributed by atoms with Gasteiger partial charge >= 0.3 is 12.3 Å². The Morgan fingerprint density at radius 2 is 1.68 bits per heavy atom. The van der Waals surface area contributed by atoms with E-state index in [-0.39, 0.29) is 23.5 Å². The number of alkyl halides is 3. The zero-order valence-corrected chi connectivity index (χ0v) is 15.4. The van der Waals surface area contributed by atoms with E-state index in [0.29, 0.717) is 24.8 Å². The molecule has 0 bridgehead atoms. The van der Waals surface area contributed by atoms with Crippen LogP contribution in [0, 0.1) is 0 Å². The second-order valence-electron chi connectivity index (χ2n) is 6.19. The van der Waals surface area contributed by atoms with Gasteiger partial charge in [0.25, 0.3) is 0 Å². The Morgan fingerprint density at radius 3 is 2.32 bits per heavy atom. The minimum atomic E-state index is -4.93. The first kappa shape index (κ1) is 21.5. The number of hydrogen-bond acceptors (Lipinski definition) is 4. The quantitative estimate of drug-likeness (QED) is 0.416. The maximum Gasteiger partial charge on any atom is 0.573 e. The van der Waals surface area contributed by atoms with Crippen LogP contribution in [0.1, 0.15) is 48.5 Å². The van der Waals surface area contributed by atoms with Crippen LogP contribution >= 0.6 is 0 Å². The van der Waals surface area contributed by atoms with Crippen LogP contribution in [0.4, 0.5) is 13.2 Å². The van der Waals surface area contributed by atoms with Crippen molar-refractivity contribution in [3.05, 3.63) is 59.7 Å². The Labute approximate surface area is 161 Å². The molecule has 0 unspecified atom stereocenters. The molecule has 0 aliphatic rings. The SMILES string of the molecule is CCCC(=O)CCCc1cccc(OC(F)(F)F)c1OC(=O)c1ccccc1. The molecule has 0 saturated carbocycles. The van der Waals surface area contributed by atoms with E-state index in [4.69, 9.17) is 4.74 Å². The molecule has 0 aliphatic heterocycles. The number of para-hydroxylation sites is 1. The van der Waals surface area contributed by atoms with Crippen molar-refractivity contribution < 1.29 is 32.2 Å². The van der Waals surface area contributed by atoms with Crippen LogP contribution in [0.5, 0.6) is 11.5 Å². The van der Waals surface area contributed by atoms with Gasteiger partial charge in [-0.15, -0.1) is 13.2 Å². The molecule has 2 aromatic carbocycles. The molecule has 28 heavy (non-hydrogen) atoms. The molecule has 2 rings (SSSR count). The smallest absolute Gasteiger partial charge is 0.419 e. The zero-order valence-electron chi connectivity index (χ0n) is 15.4. The fraction of sp³-hybridized carbons (Fsp3) is 0.333. The van der Waals surface area contributed by atoms with E-state index < -0.39 is 18.1 Å². The Bertz CT molecular complexity index is 801. The first-order valence-corrected chi connectivity index (χ1v) is 8.96. The number of carbonyl (C=O) groups excluding carboxylic acids is 2. The zero-order chi connectivity index (χ0) is 20.6. The average Bonchev–Trinajstić information content (AvgIpc) is 2.63. The van der Waals surface area contributed by atoms with E-state index in [0.717, 1.165) is 12.5 Å². The van der Waals surface area contributed by atoms with Crippen LogP contribution in [0.2, 0.25) is 0 Å². The molecule has 0 aliphatic carbocycles. The van der Waals surface area contributed by atoms with E-state index in [2.05, 4.69) is 4.74 Å². The van der Waals surface area contributed by atoms with Crippen molar-refractivity contribution in [1.82, 2.24) is 0 Å². The van der Waals surface area contributed by atoms with Gasteiger partial charge in [-0.2, -0.15) is 0 Å². The van der Waals surface area contributed by atoms with Crippen molar-refractivity contribution in [3.8, 4) is 11.5 Å². The van der Waals surface area contributed by atoms with E-state index in [1.54, 1.807) is 24.3 Å². The number of benzene rings is 2. The molecule has 0 aromatic heterocycles. The van der Waals surface area contributed by atoms with Crippen molar-refractivity contribution in [2.75, 3.05) is 0 Å². The van der Waals surface area contributed by atoms with Gasteiger partial charge in [0.15, 0.2) is 11.5 Å². The lowest BCUT2D eigenvalue weighted by Gasteiger charge is -2.16. The number of ketones is 1. The number of esters is 1. The summed E-state index contributed by atoms with van der Waals surface area (Å²) in [6.45, 7) is 1.90. The molecule has 150 valence electrons. The highest BCUT2D eigenvalue weighted by Gasteiger charge is 2.33. The van der Waals surface area contributed by atoms with Crippen LogP contribution in [-0.2, 0) is 11.2 Å². The fourth-order valence-electron chi connectivity index (χ4n) is 2.68. The topological polar surface area (TPSA) is 52.6 Å². The van der Waals surface area contributed by atoms with Gasteiger partial charge in [-0.25, -0.2) is 4.79 Å². The van der Waals surface area contributed by atoms with Gasteiger partial charge in [-0.05, 0) is 43.0 Å². The summed E-state index contributed by atoms with van der Waals surface area (Å²) in [5, 5.41) is 0. The van der Waals surface area contributed by atoms with Gasteiger partial charge in [0, 0.05) is 12.8 Å². The van der Waals surface area contributed by atoms with Gasteiger partial charge < -0.3 is 9.47 Å². The van der Waals surface area contributed by atoms with Gasteiger partial charge in [0.05, 0.1) is 5.56 Å². The summed E-state index contributed by atoms with van der Waals surface area (Å²) in [7, 11) is 0. The van der Waals surface area contributed by atoms with Crippen molar-refractivity contribution >= 4 is 11.8 Å². The summed E-state index contributed by atoms with van der Waals surface area (Å²) >= 11 is 0. The van der Waals surface area contributed by atoms with E-state index in [9.17, 15) is 22.8 Å². The Balaban J connectivity index is 2.24. The van der Waals surface area contributed by atoms with E-state index >= 15 is 0 Å². The molecule has 0 heterocycles. The minimum Gasteiger partial charge on any atom is -0.419 e. The van der Waals surface area contributed by atoms with Crippen molar-refractivity contribution in [2.45, 2.75) is 45.4 Å². The molecule has 0 saturated heterocycles. The van der Waals surface area contributed by atoms with Crippen LogP contribution in [-0.4, -0.2) is 18.1 Å². The van der Waals surface area contributed by atoms with Gasteiger partial charge in [0.1, 0.15) is 5.78 Å².